The van der Waals surface area contributed by atoms with Crippen molar-refractivity contribution >= 4 is 11.9 Å². The number of nitrogens with zero attached hydrogens (tertiary/aromatic N) is 1. The smallest absolute Gasteiger partial charge is 0.305 e. The van der Waals surface area contributed by atoms with Crippen molar-refractivity contribution in [1.82, 2.24) is 4.90 Å². The van der Waals surface area contributed by atoms with Gasteiger partial charge in [0.25, 0.3) is 5.91 Å². The van der Waals surface area contributed by atoms with Crippen LogP contribution in [0.3, 0.4) is 0 Å². The van der Waals surface area contributed by atoms with Crippen LogP contribution in [0.25, 0.3) is 0 Å². The second kappa shape index (κ2) is 6.23. The molecule has 1 aromatic heterocycles. The number of carboxylic acids is 1. The Morgan fingerprint density at radius 2 is 2.11 bits per heavy atom. The molecule has 5 nitrogen and oxygen atoms in total. The second-order valence-corrected chi connectivity index (χ2v) is 4.38. The fourth-order valence-electron chi connectivity index (χ4n) is 1.75. The number of hydrogen-bond acceptors (Lipinski definition) is 3. The van der Waals surface area contributed by atoms with E-state index < -0.39 is 5.97 Å². The fourth-order valence-corrected chi connectivity index (χ4v) is 1.75. The molecule has 100 valence electrons. The summed E-state index contributed by atoms with van der Waals surface area (Å²) in [6.45, 7) is 6.42. The van der Waals surface area contributed by atoms with Crippen molar-refractivity contribution in [2.24, 2.45) is 0 Å². The Bertz CT molecular complexity index is 422. The summed E-state index contributed by atoms with van der Waals surface area (Å²) in [5, 5.41) is 8.66. The summed E-state index contributed by atoms with van der Waals surface area (Å²) in [4.78, 5) is 24.3. The zero-order valence-electron chi connectivity index (χ0n) is 11.0. The van der Waals surface area contributed by atoms with Crippen molar-refractivity contribution in [3.63, 3.8) is 0 Å². The first kappa shape index (κ1) is 14.3. The third kappa shape index (κ3) is 3.35. The first-order valence-electron chi connectivity index (χ1n) is 6.05. The normalized spacial score (nSPS) is 10.7. The minimum atomic E-state index is -0.905. The van der Waals surface area contributed by atoms with Gasteiger partial charge in [-0.05, 0) is 13.0 Å². The lowest BCUT2D eigenvalue weighted by Gasteiger charge is -2.20. The molecule has 0 radical (unpaired) electrons. The first-order chi connectivity index (χ1) is 8.47. The maximum absolute atomic E-state index is 12.2. The average molecular weight is 253 g/mol. The molecule has 0 spiro atoms. The van der Waals surface area contributed by atoms with Crippen LogP contribution in [0.5, 0.6) is 0 Å². The summed E-state index contributed by atoms with van der Waals surface area (Å²) < 4.78 is 5.30. The largest absolute Gasteiger partial charge is 0.481 e. The van der Waals surface area contributed by atoms with Crippen molar-refractivity contribution < 1.29 is 19.1 Å². The number of hydrogen-bond donors (Lipinski definition) is 1. The van der Waals surface area contributed by atoms with Gasteiger partial charge in [-0.15, -0.1) is 0 Å². The predicted molar refractivity (Wildman–Crippen MR) is 66.6 cm³/mol. The standard InChI is InChI=1S/C13H19NO4/c1-4-14(7-5-11(15)16)13(17)10-6-8-18-12(10)9(2)3/h6,8-9H,4-5,7H2,1-3H3,(H,15,16). The van der Waals surface area contributed by atoms with E-state index in [1.54, 1.807) is 6.07 Å². The van der Waals surface area contributed by atoms with E-state index in [0.29, 0.717) is 17.9 Å². The highest BCUT2D eigenvalue weighted by Gasteiger charge is 2.21. The third-order valence-electron chi connectivity index (χ3n) is 2.71. The molecule has 1 aromatic rings. The maximum atomic E-state index is 12.2. The first-order valence-corrected chi connectivity index (χ1v) is 6.05. The highest BCUT2D eigenvalue weighted by molar-refractivity contribution is 5.95. The van der Waals surface area contributed by atoms with Crippen LogP contribution < -0.4 is 0 Å². The molecule has 1 heterocycles. The molecule has 0 fully saturated rings. The van der Waals surface area contributed by atoms with Crippen molar-refractivity contribution in [2.75, 3.05) is 13.1 Å². The minimum absolute atomic E-state index is 0.0472. The van der Waals surface area contributed by atoms with Gasteiger partial charge in [-0.2, -0.15) is 0 Å². The Morgan fingerprint density at radius 1 is 1.44 bits per heavy atom. The number of aliphatic carboxylic acids is 1. The van der Waals surface area contributed by atoms with Gasteiger partial charge in [0.05, 0.1) is 18.2 Å². The molecule has 0 aromatic carbocycles. The average Bonchev–Trinajstić information content (AvgIpc) is 2.77. The van der Waals surface area contributed by atoms with E-state index in [9.17, 15) is 9.59 Å². The summed E-state index contributed by atoms with van der Waals surface area (Å²) in [5.74, 6) is -0.306. The van der Waals surface area contributed by atoms with Crippen LogP contribution in [0.2, 0.25) is 0 Å². The van der Waals surface area contributed by atoms with Crippen LogP contribution in [-0.2, 0) is 4.79 Å². The van der Waals surface area contributed by atoms with Crippen molar-refractivity contribution in [2.45, 2.75) is 33.1 Å². The van der Waals surface area contributed by atoms with Gasteiger partial charge in [-0.25, -0.2) is 0 Å². The number of carbonyl (C=O) groups excluding carboxylic acids is 1. The Hall–Kier alpha value is -1.78. The molecule has 1 rings (SSSR count). The molecule has 0 aliphatic carbocycles. The molecule has 0 saturated heterocycles. The molecule has 0 aliphatic rings. The van der Waals surface area contributed by atoms with Gasteiger partial charge in [0.1, 0.15) is 5.76 Å². The molecule has 0 atom stereocenters. The third-order valence-corrected chi connectivity index (χ3v) is 2.71. The van der Waals surface area contributed by atoms with Crippen LogP contribution in [0, 0.1) is 0 Å². The topological polar surface area (TPSA) is 70.8 Å². The highest BCUT2D eigenvalue weighted by Crippen LogP contribution is 2.22. The predicted octanol–water partition coefficient (Wildman–Crippen LogP) is 2.34. The van der Waals surface area contributed by atoms with Gasteiger partial charge in [-0.1, -0.05) is 13.8 Å². The Labute approximate surface area is 106 Å². The molecule has 1 N–H and O–H groups in total. The Kier molecular flexibility index (Phi) is 4.95. The van der Waals surface area contributed by atoms with E-state index in [-0.39, 0.29) is 24.8 Å². The van der Waals surface area contributed by atoms with Gasteiger partial charge in [0.15, 0.2) is 0 Å². The van der Waals surface area contributed by atoms with E-state index in [1.165, 1.54) is 11.2 Å². The SMILES string of the molecule is CCN(CCC(=O)O)C(=O)c1ccoc1C(C)C. The molecular formula is C13H19NO4. The Morgan fingerprint density at radius 3 is 2.61 bits per heavy atom. The van der Waals surface area contributed by atoms with Crippen LogP contribution in [0.4, 0.5) is 0 Å². The summed E-state index contributed by atoms with van der Waals surface area (Å²) in [6, 6.07) is 1.64. The molecule has 0 aliphatic heterocycles. The second-order valence-electron chi connectivity index (χ2n) is 4.38. The lowest BCUT2D eigenvalue weighted by Crippen LogP contribution is -2.33. The van der Waals surface area contributed by atoms with E-state index in [2.05, 4.69) is 0 Å². The van der Waals surface area contributed by atoms with Crippen LogP contribution in [0.1, 0.15) is 49.2 Å². The number of carboxylic acid groups (broad SMARTS) is 1. The Balaban J connectivity index is 2.83. The lowest BCUT2D eigenvalue weighted by molar-refractivity contribution is -0.137. The molecule has 5 heteroatoms. The van der Waals surface area contributed by atoms with E-state index in [4.69, 9.17) is 9.52 Å². The molecule has 0 unspecified atom stereocenters. The van der Waals surface area contributed by atoms with Gasteiger partial charge in [-0.3, -0.25) is 9.59 Å². The summed E-state index contributed by atoms with van der Waals surface area (Å²) in [5.41, 5.74) is 0.525. The quantitative estimate of drug-likeness (QED) is 0.844. The maximum Gasteiger partial charge on any atom is 0.305 e. The number of rotatable bonds is 6. The molecule has 18 heavy (non-hydrogen) atoms. The fraction of sp³-hybridized carbons (Fsp3) is 0.538. The zero-order chi connectivity index (χ0) is 13.7. The van der Waals surface area contributed by atoms with Crippen LogP contribution in [-0.4, -0.2) is 35.0 Å². The molecule has 1 amide bonds. The van der Waals surface area contributed by atoms with Gasteiger partial charge >= 0.3 is 5.97 Å². The summed E-state index contributed by atoms with van der Waals surface area (Å²) in [6.07, 6.45) is 1.45. The number of furan rings is 1. The van der Waals surface area contributed by atoms with E-state index in [0.717, 1.165) is 0 Å². The molecule has 0 bridgehead atoms. The summed E-state index contributed by atoms with van der Waals surface area (Å²) >= 11 is 0. The van der Waals surface area contributed by atoms with Crippen molar-refractivity contribution in [3.05, 3.63) is 23.7 Å². The summed E-state index contributed by atoms with van der Waals surface area (Å²) in [7, 11) is 0. The molecule has 0 saturated carbocycles. The number of carbonyl (C=O) groups is 2. The highest BCUT2D eigenvalue weighted by atomic mass is 16.4. The van der Waals surface area contributed by atoms with E-state index in [1.807, 2.05) is 20.8 Å². The lowest BCUT2D eigenvalue weighted by atomic mass is 10.1. The molecular weight excluding hydrogens is 234 g/mol. The van der Waals surface area contributed by atoms with Crippen LogP contribution >= 0.6 is 0 Å². The minimum Gasteiger partial charge on any atom is -0.481 e. The monoisotopic (exact) mass is 253 g/mol. The van der Waals surface area contributed by atoms with Crippen molar-refractivity contribution in [3.8, 4) is 0 Å². The number of amides is 1. The van der Waals surface area contributed by atoms with E-state index >= 15 is 0 Å². The zero-order valence-corrected chi connectivity index (χ0v) is 11.0. The van der Waals surface area contributed by atoms with Crippen molar-refractivity contribution in [1.29, 1.82) is 0 Å². The van der Waals surface area contributed by atoms with Gasteiger partial charge in [0, 0.05) is 19.0 Å². The van der Waals surface area contributed by atoms with Gasteiger partial charge < -0.3 is 14.4 Å². The van der Waals surface area contributed by atoms with Crippen LogP contribution in [0.15, 0.2) is 16.7 Å². The van der Waals surface area contributed by atoms with Gasteiger partial charge in [0.2, 0.25) is 0 Å².